The molecule has 2 aromatic heterocycles. The van der Waals surface area contributed by atoms with Crippen molar-refractivity contribution in [2.75, 3.05) is 6.54 Å². The fourth-order valence-corrected chi connectivity index (χ4v) is 1.67. The number of nitrogens with zero attached hydrogens (tertiary/aromatic N) is 4. The Labute approximate surface area is 100 Å². The van der Waals surface area contributed by atoms with Gasteiger partial charge in [0.15, 0.2) is 5.82 Å². The first-order chi connectivity index (χ1) is 8.04. The lowest BCUT2D eigenvalue weighted by Gasteiger charge is -2.20. The quantitative estimate of drug-likeness (QED) is 0.865. The summed E-state index contributed by atoms with van der Waals surface area (Å²) in [5.74, 6) is 1.78. The molecule has 0 fully saturated rings. The second-order valence-electron chi connectivity index (χ2n) is 4.44. The van der Waals surface area contributed by atoms with Gasteiger partial charge in [-0.15, -0.1) is 0 Å². The summed E-state index contributed by atoms with van der Waals surface area (Å²) >= 11 is 0. The molecule has 0 bridgehead atoms. The molecule has 0 spiro atoms. The van der Waals surface area contributed by atoms with Crippen molar-refractivity contribution in [2.45, 2.75) is 26.3 Å². The summed E-state index contributed by atoms with van der Waals surface area (Å²) < 4.78 is 7.14. The molecule has 0 atom stereocenters. The number of aromatic nitrogens is 4. The third kappa shape index (κ3) is 2.21. The Morgan fingerprint density at radius 2 is 2.24 bits per heavy atom. The monoisotopic (exact) mass is 235 g/mol. The van der Waals surface area contributed by atoms with Gasteiger partial charge in [-0.05, 0) is 20.4 Å². The molecule has 6 nitrogen and oxygen atoms in total. The minimum atomic E-state index is -0.328. The van der Waals surface area contributed by atoms with Crippen LogP contribution in [-0.2, 0) is 12.6 Å². The molecule has 6 heteroatoms. The van der Waals surface area contributed by atoms with Crippen LogP contribution >= 0.6 is 0 Å². The largest absolute Gasteiger partial charge is 0.337 e. The highest BCUT2D eigenvalue weighted by Gasteiger charge is 2.27. The number of hydrogen-bond acceptors (Lipinski definition) is 5. The van der Waals surface area contributed by atoms with E-state index in [0.29, 0.717) is 17.5 Å². The van der Waals surface area contributed by atoms with Crippen LogP contribution in [0.5, 0.6) is 0 Å². The van der Waals surface area contributed by atoms with Crippen molar-refractivity contribution in [2.24, 2.45) is 7.05 Å². The molecule has 0 amide bonds. The molecule has 0 saturated carbocycles. The Morgan fingerprint density at radius 1 is 1.47 bits per heavy atom. The zero-order valence-electron chi connectivity index (χ0n) is 10.6. The molecule has 0 aliphatic heterocycles. The lowest BCUT2D eigenvalue weighted by atomic mass is 10.1. The van der Waals surface area contributed by atoms with Gasteiger partial charge in [-0.2, -0.15) is 4.98 Å². The molecule has 92 valence electrons. The van der Waals surface area contributed by atoms with Gasteiger partial charge in [0.1, 0.15) is 0 Å². The predicted octanol–water partition coefficient (Wildman–Crippen LogP) is 1.31. The maximum Gasteiger partial charge on any atom is 0.246 e. The Kier molecular flexibility index (Phi) is 2.97. The van der Waals surface area contributed by atoms with Crippen molar-refractivity contribution in [1.29, 1.82) is 0 Å². The van der Waals surface area contributed by atoms with E-state index >= 15 is 0 Å². The van der Waals surface area contributed by atoms with E-state index in [2.05, 4.69) is 20.4 Å². The van der Waals surface area contributed by atoms with Crippen LogP contribution < -0.4 is 5.32 Å². The van der Waals surface area contributed by atoms with Crippen LogP contribution in [0.1, 0.15) is 26.7 Å². The zero-order chi connectivity index (χ0) is 12.5. The maximum absolute atomic E-state index is 5.28. The Morgan fingerprint density at radius 3 is 2.82 bits per heavy atom. The fourth-order valence-electron chi connectivity index (χ4n) is 1.67. The molecular formula is C11H17N5O. The van der Waals surface area contributed by atoms with Crippen molar-refractivity contribution in [3.05, 3.63) is 18.3 Å². The molecule has 0 saturated heterocycles. The molecule has 1 N–H and O–H groups in total. The summed E-state index contributed by atoms with van der Waals surface area (Å²) in [5, 5.41) is 7.25. The van der Waals surface area contributed by atoms with Crippen LogP contribution in [0.15, 0.2) is 16.9 Å². The van der Waals surface area contributed by atoms with Crippen LogP contribution in [-0.4, -0.2) is 26.2 Å². The van der Waals surface area contributed by atoms with Gasteiger partial charge in [-0.25, -0.2) is 4.98 Å². The van der Waals surface area contributed by atoms with Gasteiger partial charge in [0.25, 0.3) is 0 Å². The highest BCUT2D eigenvalue weighted by Crippen LogP contribution is 2.20. The van der Waals surface area contributed by atoms with E-state index in [1.54, 1.807) is 6.20 Å². The van der Waals surface area contributed by atoms with E-state index in [0.717, 1.165) is 6.54 Å². The average molecular weight is 235 g/mol. The molecule has 2 aromatic rings. The van der Waals surface area contributed by atoms with Gasteiger partial charge >= 0.3 is 0 Å². The number of hydrogen-bond donors (Lipinski definition) is 1. The van der Waals surface area contributed by atoms with E-state index in [9.17, 15) is 0 Å². The van der Waals surface area contributed by atoms with E-state index in [4.69, 9.17) is 4.52 Å². The molecule has 0 aromatic carbocycles. The van der Waals surface area contributed by atoms with Crippen LogP contribution in [0.2, 0.25) is 0 Å². The molecule has 2 rings (SSSR count). The first kappa shape index (κ1) is 11.8. The Bertz CT molecular complexity index is 499. The minimum Gasteiger partial charge on any atom is -0.337 e. The summed E-state index contributed by atoms with van der Waals surface area (Å²) in [5.41, 5.74) is -0.328. The first-order valence-corrected chi connectivity index (χ1v) is 5.61. The number of imidazole rings is 1. The lowest BCUT2D eigenvalue weighted by molar-refractivity contribution is 0.272. The number of aryl methyl sites for hydroxylation is 1. The maximum atomic E-state index is 5.28. The van der Waals surface area contributed by atoms with Crippen LogP contribution in [0, 0.1) is 0 Å². The van der Waals surface area contributed by atoms with Gasteiger partial charge in [0, 0.05) is 19.4 Å². The van der Waals surface area contributed by atoms with Crippen molar-refractivity contribution in [3.63, 3.8) is 0 Å². The molecule has 0 aliphatic rings. The van der Waals surface area contributed by atoms with Gasteiger partial charge in [-0.1, -0.05) is 12.1 Å². The first-order valence-electron chi connectivity index (χ1n) is 5.61. The van der Waals surface area contributed by atoms with Crippen LogP contribution in [0.25, 0.3) is 11.6 Å². The standard InChI is InChI=1S/C11H17N5O/c1-5-13-11(2,3)10-14-8(15-17-10)9-12-6-7-16(9)4/h6-7,13H,5H2,1-4H3. The summed E-state index contributed by atoms with van der Waals surface area (Å²) in [6, 6.07) is 0. The van der Waals surface area contributed by atoms with E-state index < -0.39 is 0 Å². The molecule has 0 radical (unpaired) electrons. The predicted molar refractivity (Wildman–Crippen MR) is 63.2 cm³/mol. The molecule has 0 unspecified atom stereocenters. The molecule has 2 heterocycles. The minimum absolute atomic E-state index is 0.328. The van der Waals surface area contributed by atoms with Crippen molar-refractivity contribution >= 4 is 0 Å². The van der Waals surface area contributed by atoms with E-state index in [-0.39, 0.29) is 5.54 Å². The molecule has 0 aliphatic carbocycles. The Hall–Kier alpha value is -1.69. The summed E-state index contributed by atoms with van der Waals surface area (Å²) in [6.07, 6.45) is 3.56. The second-order valence-corrected chi connectivity index (χ2v) is 4.44. The second kappa shape index (κ2) is 4.29. The summed E-state index contributed by atoms with van der Waals surface area (Å²) in [4.78, 5) is 8.57. The molecule has 17 heavy (non-hydrogen) atoms. The van der Waals surface area contributed by atoms with Gasteiger partial charge in [0.2, 0.25) is 11.7 Å². The van der Waals surface area contributed by atoms with Gasteiger partial charge in [-0.3, -0.25) is 0 Å². The number of rotatable bonds is 4. The number of nitrogens with one attached hydrogen (secondary N) is 1. The van der Waals surface area contributed by atoms with Gasteiger partial charge in [0.05, 0.1) is 5.54 Å². The van der Waals surface area contributed by atoms with Gasteiger partial charge < -0.3 is 14.4 Å². The third-order valence-electron chi connectivity index (χ3n) is 2.60. The lowest BCUT2D eigenvalue weighted by Crippen LogP contribution is -2.36. The van der Waals surface area contributed by atoms with E-state index in [1.807, 2.05) is 38.6 Å². The van der Waals surface area contributed by atoms with Crippen molar-refractivity contribution in [1.82, 2.24) is 25.0 Å². The topological polar surface area (TPSA) is 68.8 Å². The Balaban J connectivity index is 2.31. The summed E-state index contributed by atoms with van der Waals surface area (Å²) in [7, 11) is 1.90. The van der Waals surface area contributed by atoms with Crippen molar-refractivity contribution < 1.29 is 4.52 Å². The fraction of sp³-hybridized carbons (Fsp3) is 0.545. The normalized spacial score (nSPS) is 12.0. The smallest absolute Gasteiger partial charge is 0.246 e. The van der Waals surface area contributed by atoms with Crippen molar-refractivity contribution in [3.8, 4) is 11.6 Å². The molecular weight excluding hydrogens is 218 g/mol. The van der Waals surface area contributed by atoms with Crippen LogP contribution in [0.3, 0.4) is 0 Å². The highest BCUT2D eigenvalue weighted by atomic mass is 16.5. The zero-order valence-corrected chi connectivity index (χ0v) is 10.6. The summed E-state index contributed by atoms with van der Waals surface area (Å²) in [6.45, 7) is 6.89. The van der Waals surface area contributed by atoms with Crippen LogP contribution in [0.4, 0.5) is 0 Å². The van der Waals surface area contributed by atoms with E-state index in [1.165, 1.54) is 0 Å². The SMILES string of the molecule is CCNC(C)(C)c1nc(-c2nccn2C)no1. The highest BCUT2D eigenvalue weighted by molar-refractivity contribution is 5.42. The third-order valence-corrected chi connectivity index (χ3v) is 2.60. The average Bonchev–Trinajstić information content (AvgIpc) is 2.85.